The normalized spacial score (nSPS) is 12.1. The fourth-order valence-corrected chi connectivity index (χ4v) is 5.39. The zero-order valence-corrected chi connectivity index (χ0v) is 22.4. The molecule has 4 aromatic carbocycles. The Bertz CT molecular complexity index is 1030. The lowest BCUT2D eigenvalue weighted by molar-refractivity contribution is 0.426. The van der Waals surface area contributed by atoms with Gasteiger partial charge in [-0.05, 0) is 62.8 Å². The van der Waals surface area contributed by atoms with Crippen LogP contribution in [0.3, 0.4) is 0 Å². The molecule has 0 amide bonds. The molecule has 0 atom stereocenters. The molecule has 0 aliphatic heterocycles. The van der Waals surface area contributed by atoms with E-state index in [-0.39, 0.29) is 10.8 Å². The second kappa shape index (κ2) is 10.2. The molecule has 0 aromatic heterocycles. The molecule has 0 bridgehead atoms. The van der Waals surface area contributed by atoms with Crippen LogP contribution in [0, 0.1) is 27.7 Å². The molecule has 4 rings (SSSR count). The first kappa shape index (κ1) is 25.0. The van der Waals surface area contributed by atoms with Gasteiger partial charge in [-0.2, -0.15) is 0 Å². The Balaban J connectivity index is 1.67. The Morgan fingerprint density at radius 1 is 0.371 bits per heavy atom. The Morgan fingerprint density at radius 2 is 0.571 bits per heavy atom. The molecular weight excluding hydrogens is 420 g/mol. The highest BCUT2D eigenvalue weighted by Gasteiger charge is 2.32. The third-order valence-corrected chi connectivity index (χ3v) is 8.11. The van der Waals surface area contributed by atoms with Gasteiger partial charge in [-0.25, -0.2) is 0 Å². The molecule has 0 fully saturated rings. The van der Waals surface area contributed by atoms with Gasteiger partial charge in [-0.1, -0.05) is 140 Å². The lowest BCUT2D eigenvalue weighted by Crippen LogP contribution is -2.27. The van der Waals surface area contributed by atoms with Gasteiger partial charge in [-0.3, -0.25) is 0 Å². The summed E-state index contributed by atoms with van der Waals surface area (Å²) in [5, 5.41) is 0. The molecule has 0 heteroatoms. The number of aryl methyl sites for hydroxylation is 4. The van der Waals surface area contributed by atoms with Crippen LogP contribution in [0.25, 0.3) is 0 Å². The maximum absolute atomic E-state index is 2.43. The second-order valence-electron chi connectivity index (χ2n) is 11.0. The lowest BCUT2D eigenvalue weighted by Gasteiger charge is -2.35. The van der Waals surface area contributed by atoms with E-state index >= 15 is 0 Å². The van der Waals surface area contributed by atoms with Crippen molar-refractivity contribution in [2.24, 2.45) is 0 Å². The van der Waals surface area contributed by atoms with Crippen molar-refractivity contribution < 1.29 is 0 Å². The van der Waals surface area contributed by atoms with E-state index in [1.807, 2.05) is 0 Å². The van der Waals surface area contributed by atoms with Crippen molar-refractivity contribution in [2.45, 2.75) is 71.6 Å². The molecular formula is C35H40. The molecule has 4 aromatic rings. The topological polar surface area (TPSA) is 0 Å². The molecule has 0 heterocycles. The average Bonchev–Trinajstić information content (AvgIpc) is 2.85. The van der Waals surface area contributed by atoms with Crippen molar-refractivity contribution in [3.63, 3.8) is 0 Å². The highest BCUT2D eigenvalue weighted by Crippen LogP contribution is 2.42. The Morgan fingerprint density at radius 3 is 0.771 bits per heavy atom. The van der Waals surface area contributed by atoms with Crippen molar-refractivity contribution >= 4 is 0 Å². The lowest BCUT2D eigenvalue weighted by atomic mass is 9.68. The van der Waals surface area contributed by atoms with E-state index in [1.165, 1.54) is 44.5 Å². The summed E-state index contributed by atoms with van der Waals surface area (Å²) in [6.07, 6.45) is 3.34. The van der Waals surface area contributed by atoms with Gasteiger partial charge in [0.05, 0.1) is 0 Å². The number of hydrogen-bond acceptors (Lipinski definition) is 0. The highest BCUT2D eigenvalue weighted by molar-refractivity contribution is 5.42. The van der Waals surface area contributed by atoms with E-state index < -0.39 is 0 Å². The molecule has 0 unspecified atom stereocenters. The fraction of sp³-hybridized carbons (Fsp3) is 0.314. The second-order valence-corrected chi connectivity index (χ2v) is 11.0. The highest BCUT2D eigenvalue weighted by atomic mass is 14.4. The Hall–Kier alpha value is -3.12. The fourth-order valence-electron chi connectivity index (χ4n) is 5.39. The standard InChI is InChI=1S/C35H40/c1-26-8-16-30(17-9-26)34(5,31-18-10-27(2)11-19-31)24-7-25-35(6,32-20-12-28(3)13-21-32)33-22-14-29(4)15-23-33/h8-23H,7,24-25H2,1-6H3. The van der Waals surface area contributed by atoms with Crippen LogP contribution in [0.4, 0.5) is 0 Å². The van der Waals surface area contributed by atoms with E-state index in [2.05, 4.69) is 139 Å². The first-order valence-electron chi connectivity index (χ1n) is 13.0. The smallest absolute Gasteiger partial charge is 0.0174 e. The third kappa shape index (κ3) is 5.43. The summed E-state index contributed by atoms with van der Waals surface area (Å²) >= 11 is 0. The predicted octanol–water partition coefficient (Wildman–Crippen LogP) is 9.40. The molecule has 0 saturated carbocycles. The molecule has 0 radical (unpaired) electrons. The molecule has 0 aliphatic rings. The summed E-state index contributed by atoms with van der Waals surface area (Å²) < 4.78 is 0. The third-order valence-electron chi connectivity index (χ3n) is 8.11. The van der Waals surface area contributed by atoms with Crippen molar-refractivity contribution in [2.75, 3.05) is 0 Å². The van der Waals surface area contributed by atoms with Gasteiger partial charge >= 0.3 is 0 Å². The van der Waals surface area contributed by atoms with Crippen molar-refractivity contribution in [1.82, 2.24) is 0 Å². The largest absolute Gasteiger partial charge is 0.0590 e. The molecule has 0 saturated heterocycles. The van der Waals surface area contributed by atoms with Gasteiger partial charge in [-0.15, -0.1) is 0 Å². The Labute approximate surface area is 213 Å². The van der Waals surface area contributed by atoms with Gasteiger partial charge in [0.15, 0.2) is 0 Å². The summed E-state index contributed by atoms with van der Waals surface area (Å²) in [6, 6.07) is 36.7. The molecule has 35 heavy (non-hydrogen) atoms. The van der Waals surface area contributed by atoms with Crippen LogP contribution < -0.4 is 0 Å². The number of benzene rings is 4. The minimum absolute atomic E-state index is 0.0249. The van der Waals surface area contributed by atoms with E-state index in [1.54, 1.807) is 0 Å². The SMILES string of the molecule is Cc1ccc(C(C)(CCCC(C)(c2ccc(C)cc2)c2ccc(C)cc2)c2ccc(C)cc2)cc1. The van der Waals surface area contributed by atoms with Gasteiger partial charge < -0.3 is 0 Å². The quantitative estimate of drug-likeness (QED) is 0.246. The molecule has 180 valence electrons. The summed E-state index contributed by atoms with van der Waals surface area (Å²) in [7, 11) is 0. The van der Waals surface area contributed by atoms with E-state index in [9.17, 15) is 0 Å². The van der Waals surface area contributed by atoms with Crippen LogP contribution in [-0.2, 0) is 10.8 Å². The summed E-state index contributed by atoms with van der Waals surface area (Å²) in [5.41, 5.74) is 10.8. The van der Waals surface area contributed by atoms with E-state index in [0.717, 1.165) is 19.3 Å². The van der Waals surface area contributed by atoms with Crippen molar-refractivity contribution in [3.05, 3.63) is 142 Å². The first-order chi connectivity index (χ1) is 16.7. The van der Waals surface area contributed by atoms with Gasteiger partial charge in [0.25, 0.3) is 0 Å². The number of rotatable bonds is 8. The minimum atomic E-state index is -0.0249. The zero-order valence-electron chi connectivity index (χ0n) is 22.4. The summed E-state index contributed by atoms with van der Waals surface area (Å²) in [4.78, 5) is 0. The van der Waals surface area contributed by atoms with Gasteiger partial charge in [0.2, 0.25) is 0 Å². The summed E-state index contributed by atoms with van der Waals surface area (Å²) in [5.74, 6) is 0. The van der Waals surface area contributed by atoms with E-state index in [0.29, 0.717) is 0 Å². The maximum atomic E-state index is 2.43. The maximum Gasteiger partial charge on any atom is 0.0174 e. The van der Waals surface area contributed by atoms with Crippen LogP contribution in [0.5, 0.6) is 0 Å². The van der Waals surface area contributed by atoms with Gasteiger partial charge in [0.1, 0.15) is 0 Å². The first-order valence-corrected chi connectivity index (χ1v) is 13.0. The minimum Gasteiger partial charge on any atom is -0.0590 e. The Kier molecular flexibility index (Phi) is 7.31. The van der Waals surface area contributed by atoms with Crippen LogP contribution in [0.2, 0.25) is 0 Å². The average molecular weight is 461 g/mol. The molecule has 0 N–H and O–H groups in total. The zero-order chi connectivity index (χ0) is 25.1. The van der Waals surface area contributed by atoms with Crippen LogP contribution in [0.15, 0.2) is 97.1 Å². The van der Waals surface area contributed by atoms with Crippen LogP contribution >= 0.6 is 0 Å². The molecule has 0 nitrogen and oxygen atoms in total. The van der Waals surface area contributed by atoms with Gasteiger partial charge in [0, 0.05) is 10.8 Å². The van der Waals surface area contributed by atoms with Crippen molar-refractivity contribution in [1.29, 1.82) is 0 Å². The molecule has 0 spiro atoms. The molecule has 0 aliphatic carbocycles. The van der Waals surface area contributed by atoms with Crippen LogP contribution in [0.1, 0.15) is 77.6 Å². The van der Waals surface area contributed by atoms with Crippen LogP contribution in [-0.4, -0.2) is 0 Å². The van der Waals surface area contributed by atoms with E-state index in [4.69, 9.17) is 0 Å². The monoisotopic (exact) mass is 460 g/mol. The van der Waals surface area contributed by atoms with Crippen molar-refractivity contribution in [3.8, 4) is 0 Å². The number of hydrogen-bond donors (Lipinski definition) is 0. The predicted molar refractivity (Wildman–Crippen MR) is 151 cm³/mol. The summed E-state index contributed by atoms with van der Waals surface area (Å²) in [6.45, 7) is 13.5.